The molecule has 3 aromatic carbocycles. The van der Waals surface area contributed by atoms with Gasteiger partial charge in [-0.1, -0.05) is 61.5 Å². The summed E-state index contributed by atoms with van der Waals surface area (Å²) in [6.07, 6.45) is 3.27. The monoisotopic (exact) mass is 526 g/mol. The van der Waals surface area contributed by atoms with Gasteiger partial charge in [-0.3, -0.25) is 14.4 Å². The highest BCUT2D eigenvalue weighted by Gasteiger charge is 2.18. The van der Waals surface area contributed by atoms with Crippen molar-refractivity contribution >= 4 is 23.4 Å². The molecule has 2 N–H and O–H groups in total. The number of para-hydroxylation sites is 1. The molecule has 0 radical (unpaired) electrons. The quantitative estimate of drug-likeness (QED) is 0.281. The standard InChI is InChI=1S/C30H30N4O5/c1-20-6-4-5-7-26(20)34(39-3)30(38)32-25-14-12-24(13-15-25)28-29(37)33(17-16-31-28)19-22-8-10-23(11-9-22)21(2)18-27(35)36/h4-17,21H,18-19H2,1-3H3,(H,32,38)(H,35,36)/t21-/m1/s1. The number of benzene rings is 3. The van der Waals surface area contributed by atoms with Crippen molar-refractivity contribution in [1.82, 2.24) is 9.55 Å². The molecule has 9 heteroatoms. The summed E-state index contributed by atoms with van der Waals surface area (Å²) >= 11 is 0. The lowest BCUT2D eigenvalue weighted by atomic mass is 9.97. The van der Waals surface area contributed by atoms with Gasteiger partial charge in [-0.05, 0) is 47.7 Å². The van der Waals surface area contributed by atoms with Crippen LogP contribution in [0.15, 0.2) is 90.0 Å². The lowest BCUT2D eigenvalue weighted by molar-refractivity contribution is -0.137. The highest BCUT2D eigenvalue weighted by atomic mass is 16.7. The van der Waals surface area contributed by atoms with Gasteiger partial charge in [0.05, 0.1) is 25.8 Å². The number of anilines is 2. The zero-order chi connectivity index (χ0) is 27.9. The maximum absolute atomic E-state index is 13.2. The van der Waals surface area contributed by atoms with Crippen molar-refractivity contribution < 1.29 is 19.5 Å². The Balaban J connectivity index is 1.47. The SMILES string of the molecule is CON(C(=O)Nc1ccc(-c2nccn(Cc3ccc([C@H](C)CC(=O)O)cc3)c2=O)cc1)c1ccccc1C. The fraction of sp³-hybridized carbons (Fsp3) is 0.200. The highest BCUT2D eigenvalue weighted by molar-refractivity contribution is 6.00. The molecule has 0 fully saturated rings. The van der Waals surface area contributed by atoms with E-state index in [0.717, 1.165) is 16.7 Å². The second kappa shape index (κ2) is 12.2. The number of carboxylic acids is 1. The zero-order valence-corrected chi connectivity index (χ0v) is 22.0. The molecule has 2 amide bonds. The Hall–Kier alpha value is -4.76. The summed E-state index contributed by atoms with van der Waals surface area (Å²) in [5.41, 5.74) is 4.56. The number of carbonyl (C=O) groups is 2. The Morgan fingerprint density at radius 3 is 2.38 bits per heavy atom. The first kappa shape index (κ1) is 27.3. The molecule has 1 atom stereocenters. The molecule has 0 aliphatic carbocycles. The van der Waals surface area contributed by atoms with E-state index in [1.54, 1.807) is 47.3 Å². The Morgan fingerprint density at radius 2 is 1.74 bits per heavy atom. The van der Waals surface area contributed by atoms with Gasteiger partial charge in [-0.2, -0.15) is 5.06 Å². The van der Waals surface area contributed by atoms with Crippen LogP contribution in [0.5, 0.6) is 0 Å². The van der Waals surface area contributed by atoms with Gasteiger partial charge >= 0.3 is 12.0 Å². The molecule has 0 aliphatic rings. The van der Waals surface area contributed by atoms with Crippen LogP contribution in [-0.2, 0) is 16.2 Å². The normalized spacial score (nSPS) is 11.6. The maximum Gasteiger partial charge on any atom is 0.350 e. The number of rotatable bonds is 9. The molecule has 0 bridgehead atoms. The fourth-order valence-corrected chi connectivity index (χ4v) is 4.27. The molecule has 9 nitrogen and oxygen atoms in total. The molecule has 4 rings (SSSR count). The summed E-state index contributed by atoms with van der Waals surface area (Å²) in [5, 5.41) is 13.0. The molecule has 200 valence electrons. The Bertz CT molecular complexity index is 1510. The Morgan fingerprint density at radius 1 is 1.05 bits per heavy atom. The van der Waals surface area contributed by atoms with Crippen LogP contribution in [0.1, 0.15) is 36.0 Å². The number of aryl methyl sites for hydroxylation is 1. The number of amides is 2. The van der Waals surface area contributed by atoms with Gasteiger partial charge in [0.15, 0.2) is 0 Å². The van der Waals surface area contributed by atoms with Crippen LogP contribution in [0, 0.1) is 6.92 Å². The molecule has 0 spiro atoms. The molecule has 0 aliphatic heterocycles. The number of hydrogen-bond acceptors (Lipinski definition) is 5. The summed E-state index contributed by atoms with van der Waals surface area (Å²) in [6.45, 7) is 4.11. The van der Waals surface area contributed by atoms with Gasteiger partial charge in [0.25, 0.3) is 5.56 Å². The van der Waals surface area contributed by atoms with E-state index >= 15 is 0 Å². The van der Waals surface area contributed by atoms with E-state index in [9.17, 15) is 14.4 Å². The van der Waals surface area contributed by atoms with E-state index < -0.39 is 12.0 Å². The molecule has 39 heavy (non-hydrogen) atoms. The average molecular weight is 527 g/mol. The van der Waals surface area contributed by atoms with Crippen LogP contribution < -0.4 is 15.9 Å². The Kier molecular flexibility index (Phi) is 8.53. The smallest absolute Gasteiger partial charge is 0.350 e. The zero-order valence-electron chi connectivity index (χ0n) is 22.0. The third-order valence-electron chi connectivity index (χ3n) is 6.41. The van der Waals surface area contributed by atoms with Gasteiger partial charge in [0.2, 0.25) is 0 Å². The number of hydrogen-bond donors (Lipinski definition) is 2. The number of nitrogens with one attached hydrogen (secondary N) is 1. The molecule has 1 aromatic heterocycles. The van der Waals surface area contributed by atoms with Gasteiger partial charge in [-0.25, -0.2) is 9.78 Å². The van der Waals surface area contributed by atoms with Crippen LogP contribution in [-0.4, -0.2) is 33.8 Å². The van der Waals surface area contributed by atoms with Crippen LogP contribution in [0.3, 0.4) is 0 Å². The van der Waals surface area contributed by atoms with Gasteiger partial charge in [0, 0.05) is 23.6 Å². The molecule has 1 heterocycles. The first-order chi connectivity index (χ1) is 18.8. The van der Waals surface area contributed by atoms with E-state index in [1.807, 2.05) is 56.3 Å². The number of nitrogens with zero attached hydrogens (tertiary/aromatic N) is 3. The summed E-state index contributed by atoms with van der Waals surface area (Å²) in [6, 6.07) is 21.4. The second-order valence-electron chi connectivity index (χ2n) is 9.22. The number of hydroxylamine groups is 1. The molecule has 0 saturated carbocycles. The van der Waals surface area contributed by atoms with Crippen LogP contribution in [0.4, 0.5) is 16.2 Å². The van der Waals surface area contributed by atoms with E-state index in [0.29, 0.717) is 29.2 Å². The Labute approximate surface area is 226 Å². The number of aliphatic carboxylic acids is 1. The maximum atomic E-state index is 13.2. The second-order valence-corrected chi connectivity index (χ2v) is 9.22. The fourth-order valence-electron chi connectivity index (χ4n) is 4.27. The van der Waals surface area contributed by atoms with Crippen LogP contribution >= 0.6 is 0 Å². The van der Waals surface area contributed by atoms with Gasteiger partial charge in [0.1, 0.15) is 5.69 Å². The minimum atomic E-state index is -0.836. The van der Waals surface area contributed by atoms with Crippen LogP contribution in [0.25, 0.3) is 11.3 Å². The first-order valence-electron chi connectivity index (χ1n) is 12.4. The summed E-state index contributed by atoms with van der Waals surface area (Å²) in [7, 11) is 1.43. The van der Waals surface area contributed by atoms with Gasteiger partial charge < -0.3 is 15.0 Å². The van der Waals surface area contributed by atoms with E-state index in [4.69, 9.17) is 9.94 Å². The highest BCUT2D eigenvalue weighted by Crippen LogP contribution is 2.23. The molecule has 0 unspecified atom stereocenters. The van der Waals surface area contributed by atoms with Crippen molar-refractivity contribution in [3.05, 3.63) is 112 Å². The molecule has 0 saturated heterocycles. The van der Waals surface area contributed by atoms with Crippen LogP contribution in [0.2, 0.25) is 0 Å². The predicted molar refractivity (Wildman–Crippen MR) is 150 cm³/mol. The van der Waals surface area contributed by atoms with E-state index in [2.05, 4.69) is 10.3 Å². The third-order valence-corrected chi connectivity index (χ3v) is 6.41. The minimum Gasteiger partial charge on any atom is -0.481 e. The average Bonchev–Trinajstić information content (AvgIpc) is 2.92. The minimum absolute atomic E-state index is 0.0618. The molecular weight excluding hydrogens is 496 g/mol. The summed E-state index contributed by atoms with van der Waals surface area (Å²) < 4.78 is 1.58. The van der Waals surface area contributed by atoms with Crippen molar-refractivity contribution in [3.8, 4) is 11.3 Å². The van der Waals surface area contributed by atoms with Crippen molar-refractivity contribution in [1.29, 1.82) is 0 Å². The first-order valence-corrected chi connectivity index (χ1v) is 12.4. The predicted octanol–water partition coefficient (Wildman–Crippen LogP) is 5.45. The van der Waals surface area contributed by atoms with Crippen molar-refractivity contribution in [3.63, 3.8) is 0 Å². The summed E-state index contributed by atoms with van der Waals surface area (Å²) in [5.74, 6) is -0.934. The number of carboxylic acid groups (broad SMARTS) is 1. The topological polar surface area (TPSA) is 114 Å². The van der Waals surface area contributed by atoms with E-state index in [-0.39, 0.29) is 17.9 Å². The lowest BCUT2D eigenvalue weighted by Crippen LogP contribution is -2.34. The van der Waals surface area contributed by atoms with E-state index in [1.165, 1.54) is 12.2 Å². The molecule has 4 aromatic rings. The number of urea groups is 1. The van der Waals surface area contributed by atoms with Crippen molar-refractivity contribution in [2.75, 3.05) is 17.5 Å². The van der Waals surface area contributed by atoms with Crippen molar-refractivity contribution in [2.45, 2.75) is 32.7 Å². The lowest BCUT2D eigenvalue weighted by Gasteiger charge is -2.21. The van der Waals surface area contributed by atoms with Gasteiger partial charge in [-0.15, -0.1) is 0 Å². The number of aromatic nitrogens is 2. The largest absolute Gasteiger partial charge is 0.481 e. The third kappa shape index (κ3) is 6.58. The summed E-state index contributed by atoms with van der Waals surface area (Å²) in [4.78, 5) is 46.6. The number of carbonyl (C=O) groups excluding carboxylic acids is 1. The molecular formula is C30H30N4O5. The van der Waals surface area contributed by atoms with Crippen molar-refractivity contribution in [2.24, 2.45) is 0 Å².